The summed E-state index contributed by atoms with van der Waals surface area (Å²) in [5, 5.41) is 13.2. The van der Waals surface area contributed by atoms with Crippen LogP contribution in [0.4, 0.5) is 26.3 Å². The Morgan fingerprint density at radius 1 is 1.09 bits per heavy atom. The number of hydrogen-bond donors (Lipinski definition) is 2. The van der Waals surface area contributed by atoms with Gasteiger partial charge in [-0.3, -0.25) is 15.1 Å². The van der Waals surface area contributed by atoms with Gasteiger partial charge in [0.2, 0.25) is 5.91 Å². The zero-order valence-corrected chi connectivity index (χ0v) is 17.8. The number of amides is 1. The maximum atomic E-state index is 13.8. The van der Waals surface area contributed by atoms with E-state index >= 15 is 0 Å². The van der Waals surface area contributed by atoms with Gasteiger partial charge >= 0.3 is 12.4 Å². The van der Waals surface area contributed by atoms with Crippen LogP contribution in [0.1, 0.15) is 37.4 Å². The van der Waals surface area contributed by atoms with Crippen LogP contribution >= 0.6 is 0 Å². The maximum absolute atomic E-state index is 13.8. The van der Waals surface area contributed by atoms with E-state index in [1.54, 1.807) is 19.9 Å². The summed E-state index contributed by atoms with van der Waals surface area (Å²) >= 11 is 0. The average molecular weight is 472 g/mol. The van der Waals surface area contributed by atoms with Gasteiger partial charge in [-0.15, -0.1) is 0 Å². The number of nitrogens with one attached hydrogen (secondary N) is 2. The molecule has 0 aliphatic rings. The average Bonchev–Trinajstić information content (AvgIpc) is 2.73. The summed E-state index contributed by atoms with van der Waals surface area (Å²) in [4.78, 5) is 16.2. The third kappa shape index (κ3) is 7.46. The van der Waals surface area contributed by atoms with Crippen LogP contribution in [0.15, 0.2) is 42.6 Å². The van der Waals surface area contributed by atoms with E-state index in [1.165, 1.54) is 12.1 Å². The van der Waals surface area contributed by atoms with Crippen molar-refractivity contribution in [1.82, 2.24) is 15.6 Å². The first-order valence-electron chi connectivity index (χ1n) is 9.94. The second-order valence-corrected chi connectivity index (χ2v) is 7.75. The van der Waals surface area contributed by atoms with E-state index in [4.69, 9.17) is 5.26 Å². The van der Waals surface area contributed by atoms with E-state index < -0.39 is 35.9 Å². The van der Waals surface area contributed by atoms with E-state index in [9.17, 15) is 31.1 Å². The van der Waals surface area contributed by atoms with Gasteiger partial charge < -0.3 is 5.32 Å². The van der Waals surface area contributed by atoms with Crippen LogP contribution in [0, 0.1) is 17.2 Å². The highest BCUT2D eigenvalue weighted by atomic mass is 19.4. The number of benzene rings is 1. The van der Waals surface area contributed by atoms with Crippen LogP contribution in [0.3, 0.4) is 0 Å². The summed E-state index contributed by atoms with van der Waals surface area (Å²) in [5.41, 5.74) is -0.982. The second-order valence-electron chi connectivity index (χ2n) is 7.75. The van der Waals surface area contributed by atoms with Crippen molar-refractivity contribution in [3.63, 3.8) is 0 Å². The molecule has 11 heteroatoms. The molecule has 2 rings (SSSR count). The number of aromatic nitrogens is 1. The predicted octanol–water partition coefficient (Wildman–Crippen LogP) is 5.01. The predicted molar refractivity (Wildman–Crippen MR) is 108 cm³/mol. The van der Waals surface area contributed by atoms with Crippen molar-refractivity contribution < 1.29 is 31.1 Å². The van der Waals surface area contributed by atoms with Gasteiger partial charge in [-0.05, 0) is 30.0 Å². The van der Waals surface area contributed by atoms with E-state index in [0.29, 0.717) is 0 Å². The number of halogens is 6. The molecule has 2 aromatic rings. The molecule has 0 aliphatic carbocycles. The van der Waals surface area contributed by atoms with Gasteiger partial charge in [0, 0.05) is 11.8 Å². The molecule has 1 aromatic heterocycles. The highest BCUT2D eigenvalue weighted by Gasteiger charge is 2.43. The van der Waals surface area contributed by atoms with E-state index in [0.717, 1.165) is 30.5 Å². The van der Waals surface area contributed by atoms with E-state index in [2.05, 4.69) is 15.6 Å². The summed E-state index contributed by atoms with van der Waals surface area (Å²) in [5.74, 6) is -0.845. The molecule has 1 heterocycles. The molecule has 1 aromatic carbocycles. The minimum Gasteiger partial charge on any atom is -0.342 e. The van der Waals surface area contributed by atoms with E-state index in [1.807, 2.05) is 0 Å². The Morgan fingerprint density at radius 2 is 1.73 bits per heavy atom. The molecule has 2 N–H and O–H groups in total. The van der Waals surface area contributed by atoms with Gasteiger partial charge in [-0.25, -0.2) is 0 Å². The maximum Gasteiger partial charge on any atom is 0.416 e. The molecule has 33 heavy (non-hydrogen) atoms. The van der Waals surface area contributed by atoms with Crippen molar-refractivity contribution in [2.24, 2.45) is 5.92 Å². The number of nitriles is 1. The van der Waals surface area contributed by atoms with Crippen molar-refractivity contribution >= 4 is 5.91 Å². The number of pyridine rings is 1. The van der Waals surface area contributed by atoms with Crippen LogP contribution in [-0.4, -0.2) is 29.7 Å². The van der Waals surface area contributed by atoms with Crippen molar-refractivity contribution in [2.45, 2.75) is 44.7 Å². The molecule has 0 spiro atoms. The van der Waals surface area contributed by atoms with Crippen LogP contribution in [0.25, 0.3) is 11.3 Å². The quantitative estimate of drug-likeness (QED) is 0.418. The summed E-state index contributed by atoms with van der Waals surface area (Å²) in [7, 11) is 0. The monoisotopic (exact) mass is 472 g/mol. The number of carbonyl (C=O) groups excluding carboxylic acids is 1. The fraction of sp³-hybridized carbons (Fsp3) is 0.409. The lowest BCUT2D eigenvalue weighted by Gasteiger charge is -2.28. The Morgan fingerprint density at radius 3 is 2.24 bits per heavy atom. The molecular formula is C22H22F6N4O. The minimum absolute atomic E-state index is 0.0403. The van der Waals surface area contributed by atoms with Crippen LogP contribution in [0.2, 0.25) is 0 Å². The molecule has 0 bridgehead atoms. The SMILES string of the molecule is CC(C)C[C@H](N[C@@H](c1ccc(-c2cc(C(F)(F)F)ccn2)cc1)C(F)(F)F)C(=O)NCC#N. The molecular weight excluding hydrogens is 450 g/mol. The largest absolute Gasteiger partial charge is 0.416 e. The molecule has 1 amide bonds. The Labute approximate surface area is 186 Å². The smallest absolute Gasteiger partial charge is 0.342 e. The Kier molecular flexibility index (Phi) is 8.44. The Hall–Kier alpha value is -3.13. The first-order valence-corrected chi connectivity index (χ1v) is 9.94. The van der Waals surface area contributed by atoms with Crippen LogP contribution < -0.4 is 10.6 Å². The number of nitrogens with zero attached hydrogens (tertiary/aromatic N) is 2. The number of rotatable bonds is 8. The van der Waals surface area contributed by atoms with Crippen LogP contribution in [0.5, 0.6) is 0 Å². The summed E-state index contributed by atoms with van der Waals surface area (Å²) in [6.07, 6.45) is -8.28. The van der Waals surface area contributed by atoms with Crippen LogP contribution in [-0.2, 0) is 11.0 Å². The standard InChI is InChI=1S/C22H22F6N4O/c1-13(2)11-18(20(33)31-10-8-29)32-19(22(26,27)28)15-5-3-14(4-6-15)17-12-16(7-9-30-17)21(23,24)25/h3-7,9,12-13,18-19,32H,10-11H2,1-2H3,(H,31,33)/t18-,19-/m0/s1. The highest BCUT2D eigenvalue weighted by molar-refractivity contribution is 5.82. The first-order chi connectivity index (χ1) is 15.3. The lowest BCUT2D eigenvalue weighted by molar-refractivity contribution is -0.161. The van der Waals surface area contributed by atoms with Crippen molar-refractivity contribution in [1.29, 1.82) is 5.26 Å². The molecule has 0 saturated carbocycles. The molecule has 0 aliphatic heterocycles. The van der Waals surface area contributed by atoms with Crippen molar-refractivity contribution in [3.8, 4) is 17.3 Å². The molecule has 0 saturated heterocycles. The topological polar surface area (TPSA) is 77.8 Å². The molecule has 0 unspecified atom stereocenters. The van der Waals surface area contributed by atoms with Gasteiger partial charge in [0.25, 0.3) is 0 Å². The lowest BCUT2D eigenvalue weighted by atomic mass is 9.98. The molecule has 0 fully saturated rings. The van der Waals surface area contributed by atoms with E-state index in [-0.39, 0.29) is 35.7 Å². The Bertz CT molecular complexity index is 980. The molecule has 0 radical (unpaired) electrons. The molecule has 2 atom stereocenters. The fourth-order valence-electron chi connectivity index (χ4n) is 3.16. The number of hydrogen-bond acceptors (Lipinski definition) is 4. The summed E-state index contributed by atoms with van der Waals surface area (Å²) < 4.78 is 80.3. The summed E-state index contributed by atoms with van der Waals surface area (Å²) in [6.45, 7) is 3.14. The zero-order valence-electron chi connectivity index (χ0n) is 17.8. The second kappa shape index (κ2) is 10.7. The fourth-order valence-corrected chi connectivity index (χ4v) is 3.16. The third-order valence-corrected chi connectivity index (χ3v) is 4.69. The molecule has 178 valence electrons. The van der Waals surface area contributed by atoms with Gasteiger partial charge in [-0.2, -0.15) is 31.6 Å². The van der Waals surface area contributed by atoms with Crippen molar-refractivity contribution in [2.75, 3.05) is 6.54 Å². The normalized spacial score (nSPS) is 13.9. The van der Waals surface area contributed by atoms with Gasteiger partial charge in [0.05, 0.1) is 23.4 Å². The number of alkyl halides is 6. The molecule has 5 nitrogen and oxygen atoms in total. The third-order valence-electron chi connectivity index (χ3n) is 4.69. The van der Waals surface area contributed by atoms with Crippen molar-refractivity contribution in [3.05, 3.63) is 53.7 Å². The van der Waals surface area contributed by atoms with Gasteiger partial charge in [0.1, 0.15) is 12.6 Å². The summed E-state index contributed by atoms with van der Waals surface area (Å²) in [6, 6.07) is 4.62. The first kappa shape index (κ1) is 26.1. The Balaban J connectivity index is 2.33. The lowest BCUT2D eigenvalue weighted by Crippen LogP contribution is -2.49. The van der Waals surface area contributed by atoms with Gasteiger partial charge in [0.15, 0.2) is 0 Å². The van der Waals surface area contributed by atoms with Gasteiger partial charge in [-0.1, -0.05) is 38.1 Å². The minimum atomic E-state index is -4.76. The number of carbonyl (C=O) groups is 1. The zero-order chi connectivity index (χ0) is 24.8. The highest BCUT2D eigenvalue weighted by Crippen LogP contribution is 2.35.